The second-order valence-electron chi connectivity index (χ2n) is 7.07. The Morgan fingerprint density at radius 1 is 1.23 bits per heavy atom. The van der Waals surface area contributed by atoms with Crippen molar-refractivity contribution >= 4 is 32.6 Å². The second-order valence-corrected chi connectivity index (χ2v) is 8.10. The molecular formula is C21H16F2N4O2S. The highest BCUT2D eigenvalue weighted by Crippen LogP contribution is 2.31. The highest BCUT2D eigenvalue weighted by molar-refractivity contribution is 7.22. The number of nitrogens with zero attached hydrogens (tertiary/aromatic N) is 3. The molecule has 0 aliphatic carbocycles. The van der Waals surface area contributed by atoms with Gasteiger partial charge in [-0.2, -0.15) is 0 Å². The Balaban J connectivity index is 1.30. The zero-order valence-electron chi connectivity index (χ0n) is 15.6. The number of fused-ring (bicyclic) bond motifs is 1. The van der Waals surface area contributed by atoms with Crippen LogP contribution in [0.5, 0.6) is 0 Å². The predicted molar refractivity (Wildman–Crippen MR) is 109 cm³/mol. The van der Waals surface area contributed by atoms with Crippen LogP contribution in [-0.2, 0) is 0 Å². The van der Waals surface area contributed by atoms with E-state index >= 15 is 0 Å². The molecule has 2 aromatic carbocycles. The van der Waals surface area contributed by atoms with Gasteiger partial charge in [-0.05, 0) is 12.5 Å². The minimum atomic E-state index is -0.682. The van der Waals surface area contributed by atoms with Gasteiger partial charge in [-0.1, -0.05) is 46.8 Å². The molecule has 0 radical (unpaired) electrons. The first-order valence-electron chi connectivity index (χ1n) is 9.40. The number of hydrogen-bond acceptors (Lipinski definition) is 6. The lowest BCUT2D eigenvalue weighted by atomic mass is 10.1. The molecule has 0 spiro atoms. The number of halogens is 2. The summed E-state index contributed by atoms with van der Waals surface area (Å²) < 4.78 is 33.1. The number of carbonyl (C=O) groups is 1. The molecule has 2 aromatic heterocycles. The summed E-state index contributed by atoms with van der Waals surface area (Å²) in [5.74, 6) is -1.02. The molecule has 5 rings (SSSR count). The molecule has 1 atom stereocenters. The van der Waals surface area contributed by atoms with E-state index in [9.17, 15) is 13.6 Å². The fourth-order valence-electron chi connectivity index (χ4n) is 3.62. The minimum Gasteiger partial charge on any atom is -0.357 e. The van der Waals surface area contributed by atoms with Gasteiger partial charge in [0.05, 0.1) is 10.9 Å². The number of thiazole rings is 1. The summed E-state index contributed by atoms with van der Waals surface area (Å²) in [5, 5.41) is 7.55. The number of amides is 1. The fraction of sp³-hybridized carbons (Fsp3) is 0.190. The van der Waals surface area contributed by atoms with Crippen molar-refractivity contribution < 1.29 is 18.1 Å². The number of aromatic nitrogens is 2. The third-order valence-electron chi connectivity index (χ3n) is 5.05. The molecule has 4 aromatic rings. The summed E-state index contributed by atoms with van der Waals surface area (Å²) in [7, 11) is 0. The van der Waals surface area contributed by atoms with Crippen LogP contribution in [0.25, 0.3) is 21.5 Å². The Hall–Kier alpha value is -3.33. The number of anilines is 1. The van der Waals surface area contributed by atoms with E-state index in [1.165, 1.54) is 23.6 Å². The maximum atomic E-state index is 13.9. The monoisotopic (exact) mass is 426 g/mol. The van der Waals surface area contributed by atoms with Gasteiger partial charge in [-0.15, -0.1) is 0 Å². The van der Waals surface area contributed by atoms with E-state index in [1.807, 2.05) is 30.3 Å². The predicted octanol–water partition coefficient (Wildman–Crippen LogP) is 4.56. The van der Waals surface area contributed by atoms with Crippen molar-refractivity contribution in [2.24, 2.45) is 0 Å². The standard InChI is InChI=1S/C21H16F2N4O2S/c22-13-8-16(23)18-17(9-13)30-21(26-18)25-14-6-7-27(11-14)20(28)15-10-24-29-19(15)12-4-2-1-3-5-12/h1-5,8-10,14H,6-7,11H2,(H,25,26)/t14-/m1/s1. The van der Waals surface area contributed by atoms with Gasteiger partial charge in [0.25, 0.3) is 5.91 Å². The Morgan fingerprint density at radius 2 is 2.07 bits per heavy atom. The first kappa shape index (κ1) is 18.7. The molecule has 3 heterocycles. The van der Waals surface area contributed by atoms with Crippen LogP contribution in [0.1, 0.15) is 16.8 Å². The Bertz CT molecular complexity index is 1220. The quantitative estimate of drug-likeness (QED) is 0.518. The largest absolute Gasteiger partial charge is 0.357 e. The first-order chi connectivity index (χ1) is 14.6. The summed E-state index contributed by atoms with van der Waals surface area (Å²) in [5.41, 5.74) is 1.35. The summed E-state index contributed by atoms with van der Waals surface area (Å²) in [6.45, 7) is 1.02. The second kappa shape index (κ2) is 7.49. The number of benzene rings is 2. The van der Waals surface area contributed by atoms with Gasteiger partial charge in [-0.3, -0.25) is 4.79 Å². The highest BCUT2D eigenvalue weighted by atomic mass is 32.1. The molecule has 6 nitrogen and oxygen atoms in total. The molecule has 30 heavy (non-hydrogen) atoms. The third kappa shape index (κ3) is 3.41. The van der Waals surface area contributed by atoms with E-state index < -0.39 is 11.6 Å². The highest BCUT2D eigenvalue weighted by Gasteiger charge is 2.30. The van der Waals surface area contributed by atoms with Crippen molar-refractivity contribution in [3.63, 3.8) is 0 Å². The zero-order chi connectivity index (χ0) is 20.7. The van der Waals surface area contributed by atoms with E-state index in [0.717, 1.165) is 11.6 Å². The Kier molecular flexibility index (Phi) is 4.66. The van der Waals surface area contributed by atoms with Gasteiger partial charge < -0.3 is 14.7 Å². The Morgan fingerprint density at radius 3 is 2.90 bits per heavy atom. The van der Waals surface area contributed by atoms with Crippen LogP contribution in [0.4, 0.5) is 13.9 Å². The van der Waals surface area contributed by atoms with Crippen molar-refractivity contribution in [1.82, 2.24) is 15.0 Å². The summed E-state index contributed by atoms with van der Waals surface area (Å²) >= 11 is 1.19. The van der Waals surface area contributed by atoms with Gasteiger partial charge in [0.2, 0.25) is 0 Å². The number of rotatable bonds is 4. The van der Waals surface area contributed by atoms with Crippen molar-refractivity contribution in [3.8, 4) is 11.3 Å². The topological polar surface area (TPSA) is 71.3 Å². The maximum absolute atomic E-state index is 13.9. The van der Waals surface area contributed by atoms with Crippen LogP contribution in [0.2, 0.25) is 0 Å². The molecule has 152 valence electrons. The molecule has 0 saturated carbocycles. The van der Waals surface area contributed by atoms with E-state index in [2.05, 4.69) is 15.5 Å². The van der Waals surface area contributed by atoms with Crippen molar-refractivity contribution in [1.29, 1.82) is 0 Å². The summed E-state index contributed by atoms with van der Waals surface area (Å²) in [4.78, 5) is 19.0. The molecule has 1 aliphatic rings. The SMILES string of the molecule is O=C(c1cnoc1-c1ccccc1)N1CC[C@@H](Nc2nc3c(F)cc(F)cc3s2)C1. The van der Waals surface area contributed by atoms with E-state index in [1.54, 1.807) is 4.90 Å². The first-order valence-corrected chi connectivity index (χ1v) is 10.2. The normalized spacial score (nSPS) is 16.3. The summed E-state index contributed by atoms with van der Waals surface area (Å²) in [6.07, 6.45) is 2.15. The van der Waals surface area contributed by atoms with E-state index in [-0.39, 0.29) is 17.5 Å². The number of hydrogen-bond donors (Lipinski definition) is 1. The minimum absolute atomic E-state index is 0.0394. The molecule has 1 N–H and O–H groups in total. The van der Waals surface area contributed by atoms with Gasteiger partial charge in [0.15, 0.2) is 16.7 Å². The lowest BCUT2D eigenvalue weighted by molar-refractivity contribution is 0.0792. The van der Waals surface area contributed by atoms with E-state index in [0.29, 0.717) is 40.7 Å². The molecule has 1 saturated heterocycles. The summed E-state index contributed by atoms with van der Waals surface area (Å²) in [6, 6.07) is 11.4. The lowest BCUT2D eigenvalue weighted by Gasteiger charge is -2.16. The van der Waals surface area contributed by atoms with Crippen molar-refractivity contribution in [3.05, 3.63) is 65.9 Å². The molecular weight excluding hydrogens is 410 g/mol. The van der Waals surface area contributed by atoms with Crippen molar-refractivity contribution in [2.75, 3.05) is 18.4 Å². The average Bonchev–Trinajstić information content (AvgIpc) is 3.47. The van der Waals surface area contributed by atoms with Crippen LogP contribution >= 0.6 is 11.3 Å². The van der Waals surface area contributed by atoms with Gasteiger partial charge in [0, 0.05) is 30.8 Å². The van der Waals surface area contributed by atoms with Crippen LogP contribution in [0.15, 0.2) is 53.2 Å². The van der Waals surface area contributed by atoms with Gasteiger partial charge >= 0.3 is 0 Å². The van der Waals surface area contributed by atoms with Crippen LogP contribution in [0.3, 0.4) is 0 Å². The lowest BCUT2D eigenvalue weighted by Crippen LogP contribution is -2.31. The van der Waals surface area contributed by atoms with E-state index in [4.69, 9.17) is 4.52 Å². The molecule has 0 bridgehead atoms. The van der Waals surface area contributed by atoms with Gasteiger partial charge in [-0.25, -0.2) is 13.8 Å². The maximum Gasteiger partial charge on any atom is 0.259 e. The smallest absolute Gasteiger partial charge is 0.259 e. The average molecular weight is 426 g/mol. The number of nitrogens with one attached hydrogen (secondary N) is 1. The van der Waals surface area contributed by atoms with Gasteiger partial charge in [0.1, 0.15) is 16.9 Å². The third-order valence-corrected chi connectivity index (χ3v) is 5.99. The number of carbonyl (C=O) groups excluding carboxylic acids is 1. The number of likely N-dealkylation sites (tertiary alicyclic amines) is 1. The Labute approximate surface area is 174 Å². The van der Waals surface area contributed by atoms with Crippen LogP contribution in [0, 0.1) is 11.6 Å². The fourth-order valence-corrected chi connectivity index (χ4v) is 4.60. The molecule has 1 amide bonds. The molecule has 9 heteroatoms. The molecule has 0 unspecified atom stereocenters. The van der Waals surface area contributed by atoms with Crippen LogP contribution < -0.4 is 5.32 Å². The molecule has 1 aliphatic heterocycles. The van der Waals surface area contributed by atoms with Crippen molar-refractivity contribution in [2.45, 2.75) is 12.5 Å². The van der Waals surface area contributed by atoms with Crippen LogP contribution in [-0.4, -0.2) is 40.1 Å². The zero-order valence-corrected chi connectivity index (χ0v) is 16.5. The molecule has 1 fully saturated rings.